The minimum Gasteiger partial charge on any atom is -0.396 e. The molecule has 2 N–H and O–H groups in total. The third-order valence-corrected chi connectivity index (χ3v) is 5.18. The van der Waals surface area contributed by atoms with Crippen molar-refractivity contribution in [1.29, 1.82) is 0 Å². The molecule has 0 fully saturated rings. The van der Waals surface area contributed by atoms with E-state index in [9.17, 15) is 9.59 Å². The highest BCUT2D eigenvalue weighted by Crippen LogP contribution is 2.36. The quantitative estimate of drug-likeness (QED) is 0.694. The predicted molar refractivity (Wildman–Crippen MR) is 88.1 cm³/mol. The van der Waals surface area contributed by atoms with Gasteiger partial charge in [-0.3, -0.25) is 14.5 Å². The standard InChI is InChI=1S/C15H17NO4S2/c17-6-8-21-12-13(22-9-7-18)15(20)16(14(12)19)10-11-4-2-1-3-5-11/h1-5,17-18H,6-10H2. The van der Waals surface area contributed by atoms with Crippen molar-refractivity contribution in [3.8, 4) is 0 Å². The summed E-state index contributed by atoms with van der Waals surface area (Å²) in [5, 5.41) is 17.9. The molecule has 0 unspecified atom stereocenters. The van der Waals surface area contributed by atoms with E-state index in [1.165, 1.54) is 28.4 Å². The second-order valence-electron chi connectivity index (χ2n) is 4.48. The van der Waals surface area contributed by atoms with Gasteiger partial charge in [0.2, 0.25) is 0 Å². The monoisotopic (exact) mass is 339 g/mol. The molecule has 0 saturated carbocycles. The first kappa shape index (κ1) is 17.1. The number of aliphatic hydroxyl groups is 2. The average molecular weight is 339 g/mol. The van der Waals surface area contributed by atoms with Crippen LogP contribution in [0, 0.1) is 0 Å². The summed E-state index contributed by atoms with van der Waals surface area (Å²) in [6.45, 7) is 0.101. The van der Waals surface area contributed by atoms with Crippen molar-refractivity contribution in [2.75, 3.05) is 24.7 Å². The number of amides is 2. The Balaban J connectivity index is 2.18. The van der Waals surface area contributed by atoms with Crippen molar-refractivity contribution >= 4 is 35.3 Å². The predicted octanol–water partition coefficient (Wildman–Crippen LogP) is 1.22. The summed E-state index contributed by atoms with van der Waals surface area (Å²) in [7, 11) is 0. The van der Waals surface area contributed by atoms with Crippen molar-refractivity contribution < 1.29 is 19.8 Å². The smallest absolute Gasteiger partial charge is 0.268 e. The summed E-state index contributed by atoms with van der Waals surface area (Å²) < 4.78 is 0. The number of hydrogen-bond acceptors (Lipinski definition) is 6. The molecule has 1 aliphatic rings. The third kappa shape index (κ3) is 3.92. The summed E-state index contributed by atoms with van der Waals surface area (Å²) in [5.74, 6) is 0.0634. The highest BCUT2D eigenvalue weighted by molar-refractivity contribution is 8.08. The molecule has 1 aromatic carbocycles. The molecule has 22 heavy (non-hydrogen) atoms. The Morgan fingerprint density at radius 2 is 1.36 bits per heavy atom. The maximum atomic E-state index is 12.5. The molecule has 0 radical (unpaired) electrons. The normalized spacial score (nSPS) is 15.1. The maximum absolute atomic E-state index is 12.5. The Morgan fingerprint density at radius 3 is 1.82 bits per heavy atom. The van der Waals surface area contributed by atoms with Crippen LogP contribution in [0.5, 0.6) is 0 Å². The summed E-state index contributed by atoms with van der Waals surface area (Å²) in [4.78, 5) is 26.9. The number of carbonyl (C=O) groups is 2. The van der Waals surface area contributed by atoms with Gasteiger partial charge >= 0.3 is 0 Å². The fraction of sp³-hybridized carbons (Fsp3) is 0.333. The Morgan fingerprint density at radius 1 is 0.864 bits per heavy atom. The molecule has 0 aliphatic carbocycles. The van der Waals surface area contributed by atoms with Gasteiger partial charge in [-0.2, -0.15) is 0 Å². The molecule has 5 nitrogen and oxygen atoms in total. The van der Waals surface area contributed by atoms with Gasteiger partial charge in [-0.25, -0.2) is 0 Å². The number of imide groups is 1. The Labute approximate surface area is 137 Å². The van der Waals surface area contributed by atoms with Crippen LogP contribution in [-0.2, 0) is 16.1 Å². The largest absolute Gasteiger partial charge is 0.396 e. The molecular weight excluding hydrogens is 322 g/mol. The molecule has 1 aliphatic heterocycles. The Hall–Kier alpha value is -1.28. The van der Waals surface area contributed by atoms with Crippen LogP contribution < -0.4 is 0 Å². The van der Waals surface area contributed by atoms with Crippen LogP contribution in [0.1, 0.15) is 5.56 Å². The zero-order valence-electron chi connectivity index (χ0n) is 11.9. The van der Waals surface area contributed by atoms with Crippen LogP contribution in [0.2, 0.25) is 0 Å². The van der Waals surface area contributed by atoms with Crippen molar-refractivity contribution in [2.45, 2.75) is 6.54 Å². The first-order valence-corrected chi connectivity index (χ1v) is 8.78. The summed E-state index contributed by atoms with van der Waals surface area (Å²) >= 11 is 2.37. The lowest BCUT2D eigenvalue weighted by molar-refractivity contribution is -0.137. The van der Waals surface area contributed by atoms with Gasteiger partial charge in [-0.1, -0.05) is 30.3 Å². The molecule has 2 rings (SSSR count). The molecule has 0 bridgehead atoms. The van der Waals surface area contributed by atoms with Gasteiger partial charge < -0.3 is 10.2 Å². The highest BCUT2D eigenvalue weighted by atomic mass is 32.2. The lowest BCUT2D eigenvalue weighted by Crippen LogP contribution is -2.30. The zero-order valence-corrected chi connectivity index (χ0v) is 13.5. The van der Waals surface area contributed by atoms with E-state index in [2.05, 4.69) is 0 Å². The molecule has 1 heterocycles. The number of carbonyl (C=O) groups excluding carboxylic acids is 2. The number of thioether (sulfide) groups is 2. The van der Waals surface area contributed by atoms with Crippen LogP contribution in [0.15, 0.2) is 40.1 Å². The van der Waals surface area contributed by atoms with Crippen molar-refractivity contribution in [2.24, 2.45) is 0 Å². The number of hydrogen-bond donors (Lipinski definition) is 2. The lowest BCUT2D eigenvalue weighted by atomic mass is 10.2. The van der Waals surface area contributed by atoms with Crippen LogP contribution in [-0.4, -0.2) is 51.6 Å². The first-order valence-electron chi connectivity index (χ1n) is 6.80. The second kappa shape index (κ2) is 8.38. The van der Waals surface area contributed by atoms with Gasteiger partial charge in [-0.05, 0) is 5.56 Å². The van der Waals surface area contributed by atoms with Crippen LogP contribution in [0.4, 0.5) is 0 Å². The fourth-order valence-corrected chi connectivity index (χ4v) is 3.84. The number of nitrogens with zero attached hydrogens (tertiary/aromatic N) is 1. The zero-order chi connectivity index (χ0) is 15.9. The number of benzene rings is 1. The average Bonchev–Trinajstić information content (AvgIpc) is 2.76. The van der Waals surface area contributed by atoms with Gasteiger partial charge in [0.15, 0.2) is 0 Å². The number of rotatable bonds is 8. The molecule has 0 spiro atoms. The Kier molecular flexibility index (Phi) is 6.50. The van der Waals surface area contributed by atoms with Gasteiger partial charge in [0, 0.05) is 11.5 Å². The molecule has 0 saturated heterocycles. The fourth-order valence-electron chi connectivity index (χ4n) is 1.99. The molecule has 118 valence electrons. The first-order chi connectivity index (χ1) is 10.7. The van der Waals surface area contributed by atoms with E-state index < -0.39 is 0 Å². The van der Waals surface area contributed by atoms with Gasteiger partial charge in [0.05, 0.1) is 29.6 Å². The molecule has 1 aromatic rings. The minimum atomic E-state index is -0.326. The molecule has 7 heteroatoms. The SMILES string of the molecule is O=C1C(SCCO)=C(SCCO)C(=O)N1Cc1ccccc1. The minimum absolute atomic E-state index is 0.0632. The Bertz CT molecular complexity index is 544. The van der Waals surface area contributed by atoms with Gasteiger partial charge in [0.25, 0.3) is 11.8 Å². The molecule has 2 amide bonds. The third-order valence-electron chi connectivity index (χ3n) is 2.94. The van der Waals surface area contributed by atoms with E-state index in [4.69, 9.17) is 10.2 Å². The van der Waals surface area contributed by atoms with E-state index in [1.54, 1.807) is 0 Å². The summed E-state index contributed by atoms with van der Waals surface area (Å²) in [6, 6.07) is 9.31. The van der Waals surface area contributed by atoms with Crippen LogP contribution in [0.3, 0.4) is 0 Å². The summed E-state index contributed by atoms with van der Waals surface area (Å²) in [5.41, 5.74) is 0.879. The molecule has 0 atom stereocenters. The van der Waals surface area contributed by atoms with E-state index in [-0.39, 0.29) is 31.6 Å². The topological polar surface area (TPSA) is 77.8 Å². The van der Waals surface area contributed by atoms with Crippen molar-refractivity contribution in [3.63, 3.8) is 0 Å². The maximum Gasteiger partial charge on any atom is 0.268 e. The second-order valence-corrected chi connectivity index (χ2v) is 6.69. The van der Waals surface area contributed by atoms with Crippen LogP contribution >= 0.6 is 23.5 Å². The van der Waals surface area contributed by atoms with E-state index in [0.717, 1.165) is 5.56 Å². The van der Waals surface area contributed by atoms with Crippen molar-refractivity contribution in [1.82, 2.24) is 4.90 Å². The highest BCUT2D eigenvalue weighted by Gasteiger charge is 2.38. The van der Waals surface area contributed by atoms with Crippen LogP contribution in [0.25, 0.3) is 0 Å². The lowest BCUT2D eigenvalue weighted by Gasteiger charge is -2.14. The van der Waals surface area contributed by atoms with E-state index >= 15 is 0 Å². The van der Waals surface area contributed by atoms with Gasteiger partial charge in [0.1, 0.15) is 0 Å². The van der Waals surface area contributed by atoms with Crippen molar-refractivity contribution in [3.05, 3.63) is 45.7 Å². The van der Waals surface area contributed by atoms with E-state index in [0.29, 0.717) is 21.3 Å². The van der Waals surface area contributed by atoms with Gasteiger partial charge in [-0.15, -0.1) is 23.5 Å². The molecular formula is C15H17NO4S2. The molecule has 0 aromatic heterocycles. The number of aliphatic hydroxyl groups excluding tert-OH is 2. The van der Waals surface area contributed by atoms with E-state index in [1.807, 2.05) is 30.3 Å². The summed E-state index contributed by atoms with van der Waals surface area (Å²) in [6.07, 6.45) is 0.